The van der Waals surface area contributed by atoms with Crippen molar-refractivity contribution in [1.29, 1.82) is 0 Å². The summed E-state index contributed by atoms with van der Waals surface area (Å²) in [6, 6.07) is 21.9. The van der Waals surface area contributed by atoms with Crippen molar-refractivity contribution in [3.8, 4) is 0 Å². The number of carbonyl (C=O) groups is 1. The van der Waals surface area contributed by atoms with Gasteiger partial charge in [-0.25, -0.2) is 5.01 Å². The summed E-state index contributed by atoms with van der Waals surface area (Å²) in [6.07, 6.45) is 2.29. The van der Waals surface area contributed by atoms with E-state index >= 15 is 0 Å². The van der Waals surface area contributed by atoms with Gasteiger partial charge in [-0.3, -0.25) is 9.69 Å². The van der Waals surface area contributed by atoms with Crippen LogP contribution in [0.1, 0.15) is 34.9 Å². The fourth-order valence-corrected chi connectivity index (χ4v) is 3.62. The molecule has 0 radical (unpaired) electrons. The Kier molecular flexibility index (Phi) is 5.58. The minimum atomic E-state index is -0.209. The molecular weight excluding hydrogens is 362 g/mol. The van der Waals surface area contributed by atoms with Gasteiger partial charge >= 0.3 is 0 Å². The van der Waals surface area contributed by atoms with Crippen LogP contribution in [0.5, 0.6) is 0 Å². The molecule has 1 atom stereocenters. The first-order valence-electron chi connectivity index (χ1n) is 9.82. The number of aryl methyl sites for hydroxylation is 1. The second-order valence-corrected chi connectivity index (χ2v) is 7.54. The molecule has 0 N–H and O–H groups in total. The minimum Gasteiger partial charge on any atom is -0.467 e. The predicted molar refractivity (Wildman–Crippen MR) is 113 cm³/mol. The highest BCUT2D eigenvalue weighted by molar-refractivity contribution is 6.03. The summed E-state index contributed by atoms with van der Waals surface area (Å²) < 4.78 is 5.62. The van der Waals surface area contributed by atoms with Gasteiger partial charge in [-0.1, -0.05) is 60.2 Å². The molecule has 148 valence electrons. The van der Waals surface area contributed by atoms with E-state index in [0.29, 0.717) is 13.0 Å². The second-order valence-electron chi connectivity index (χ2n) is 7.54. The van der Waals surface area contributed by atoms with Crippen molar-refractivity contribution < 1.29 is 9.21 Å². The van der Waals surface area contributed by atoms with Gasteiger partial charge in [-0.2, -0.15) is 5.10 Å². The minimum absolute atomic E-state index is 0.0352. The summed E-state index contributed by atoms with van der Waals surface area (Å²) in [4.78, 5) is 15.1. The van der Waals surface area contributed by atoms with E-state index in [2.05, 4.69) is 43.3 Å². The van der Waals surface area contributed by atoms with Crippen molar-refractivity contribution in [2.75, 3.05) is 13.6 Å². The highest BCUT2D eigenvalue weighted by atomic mass is 16.3. The molecule has 1 aliphatic heterocycles. The molecule has 0 aliphatic carbocycles. The molecule has 0 saturated carbocycles. The van der Waals surface area contributed by atoms with Gasteiger partial charge in [-0.15, -0.1) is 0 Å². The quantitative estimate of drug-likeness (QED) is 0.630. The zero-order valence-corrected chi connectivity index (χ0v) is 16.8. The lowest BCUT2D eigenvalue weighted by molar-refractivity contribution is -0.134. The average Bonchev–Trinajstić information content (AvgIpc) is 3.39. The van der Waals surface area contributed by atoms with E-state index in [0.717, 1.165) is 17.0 Å². The Labute approximate surface area is 171 Å². The van der Waals surface area contributed by atoms with Crippen LogP contribution in [0.2, 0.25) is 0 Å². The number of rotatable bonds is 6. The zero-order valence-electron chi connectivity index (χ0n) is 16.8. The summed E-state index contributed by atoms with van der Waals surface area (Å²) in [5.74, 6) is 0.724. The van der Waals surface area contributed by atoms with Crippen LogP contribution in [0.3, 0.4) is 0 Å². The van der Waals surface area contributed by atoms with E-state index in [1.165, 1.54) is 11.1 Å². The molecule has 1 aliphatic rings. The van der Waals surface area contributed by atoms with Crippen LogP contribution in [-0.2, 0) is 11.3 Å². The van der Waals surface area contributed by atoms with E-state index in [4.69, 9.17) is 9.52 Å². The Morgan fingerprint density at radius 1 is 1.10 bits per heavy atom. The van der Waals surface area contributed by atoms with Crippen LogP contribution >= 0.6 is 0 Å². The standard InChI is InChI=1S/C24H25N3O2/c1-18-10-12-20(13-11-18)21-15-22(23-9-6-14-29-23)27(25-21)24(28)17-26(2)16-19-7-4-3-5-8-19/h3-14,22H,15-17H2,1-2H3. The van der Waals surface area contributed by atoms with Crippen molar-refractivity contribution >= 4 is 11.6 Å². The highest BCUT2D eigenvalue weighted by Crippen LogP contribution is 2.33. The van der Waals surface area contributed by atoms with Gasteiger partial charge in [0.1, 0.15) is 11.8 Å². The van der Waals surface area contributed by atoms with E-state index in [1.54, 1.807) is 11.3 Å². The fraction of sp³-hybridized carbons (Fsp3) is 0.250. The lowest BCUT2D eigenvalue weighted by atomic mass is 10.0. The van der Waals surface area contributed by atoms with Crippen LogP contribution in [0.25, 0.3) is 0 Å². The summed E-state index contributed by atoms with van der Waals surface area (Å²) in [5, 5.41) is 6.29. The maximum atomic E-state index is 13.1. The first-order valence-corrected chi connectivity index (χ1v) is 9.82. The monoisotopic (exact) mass is 387 g/mol. The first-order chi connectivity index (χ1) is 14.1. The molecule has 5 nitrogen and oxygen atoms in total. The Bertz CT molecular complexity index is 979. The van der Waals surface area contributed by atoms with Gasteiger partial charge in [-0.05, 0) is 37.2 Å². The Hall–Kier alpha value is -3.18. The van der Waals surface area contributed by atoms with E-state index in [1.807, 2.05) is 42.3 Å². The Balaban J connectivity index is 1.52. The third-order valence-electron chi connectivity index (χ3n) is 5.12. The van der Waals surface area contributed by atoms with Crippen LogP contribution < -0.4 is 0 Å². The predicted octanol–water partition coefficient (Wildman–Crippen LogP) is 4.40. The highest BCUT2D eigenvalue weighted by Gasteiger charge is 2.35. The molecule has 1 unspecified atom stereocenters. The third kappa shape index (κ3) is 4.46. The summed E-state index contributed by atoms with van der Waals surface area (Å²) >= 11 is 0. The number of benzene rings is 2. The molecule has 0 spiro atoms. The van der Waals surface area contributed by atoms with Gasteiger partial charge < -0.3 is 4.42 Å². The number of likely N-dealkylation sites (N-methyl/N-ethyl adjacent to an activating group) is 1. The summed E-state index contributed by atoms with van der Waals surface area (Å²) in [7, 11) is 1.95. The summed E-state index contributed by atoms with van der Waals surface area (Å²) in [6.45, 7) is 3.06. The van der Waals surface area contributed by atoms with Gasteiger partial charge in [0.2, 0.25) is 0 Å². The van der Waals surface area contributed by atoms with Crippen LogP contribution in [0.15, 0.2) is 82.5 Å². The van der Waals surface area contributed by atoms with E-state index < -0.39 is 0 Å². The number of hydrogen-bond donors (Lipinski definition) is 0. The molecule has 2 aromatic carbocycles. The Morgan fingerprint density at radius 2 is 1.86 bits per heavy atom. The molecule has 4 rings (SSSR count). The molecule has 1 amide bonds. The number of hydrazone groups is 1. The number of carbonyl (C=O) groups excluding carboxylic acids is 1. The van der Waals surface area contributed by atoms with E-state index in [-0.39, 0.29) is 18.5 Å². The zero-order chi connectivity index (χ0) is 20.2. The smallest absolute Gasteiger partial charge is 0.257 e. The first kappa shape index (κ1) is 19.2. The maximum absolute atomic E-state index is 13.1. The SMILES string of the molecule is Cc1ccc(C2=NN(C(=O)CN(C)Cc3ccccc3)C(c3ccco3)C2)cc1. The van der Waals surface area contributed by atoms with Crippen LogP contribution in [0.4, 0.5) is 0 Å². The Morgan fingerprint density at radius 3 is 2.55 bits per heavy atom. The van der Waals surface area contributed by atoms with Gasteiger partial charge in [0.15, 0.2) is 0 Å². The van der Waals surface area contributed by atoms with Crippen molar-refractivity contribution in [2.24, 2.45) is 5.10 Å². The molecule has 0 bridgehead atoms. The number of furan rings is 1. The molecule has 5 heteroatoms. The molecule has 29 heavy (non-hydrogen) atoms. The number of amides is 1. The topological polar surface area (TPSA) is 49.1 Å². The van der Waals surface area contributed by atoms with Gasteiger partial charge in [0, 0.05) is 13.0 Å². The van der Waals surface area contributed by atoms with Crippen molar-refractivity contribution in [2.45, 2.75) is 25.9 Å². The number of hydrogen-bond acceptors (Lipinski definition) is 4. The number of nitrogens with zero attached hydrogens (tertiary/aromatic N) is 3. The average molecular weight is 387 g/mol. The fourth-order valence-electron chi connectivity index (χ4n) is 3.62. The maximum Gasteiger partial charge on any atom is 0.257 e. The normalized spacial score (nSPS) is 16.3. The van der Waals surface area contributed by atoms with Gasteiger partial charge in [0.05, 0.1) is 18.5 Å². The van der Waals surface area contributed by atoms with Crippen LogP contribution in [0, 0.1) is 6.92 Å². The van der Waals surface area contributed by atoms with E-state index in [9.17, 15) is 4.79 Å². The molecule has 2 heterocycles. The largest absolute Gasteiger partial charge is 0.467 e. The molecule has 1 aromatic heterocycles. The molecular formula is C24H25N3O2. The lowest BCUT2D eigenvalue weighted by Crippen LogP contribution is -2.36. The van der Waals surface area contributed by atoms with Crippen molar-refractivity contribution in [3.05, 3.63) is 95.4 Å². The molecule has 0 fully saturated rings. The lowest BCUT2D eigenvalue weighted by Gasteiger charge is -2.23. The van der Waals surface area contributed by atoms with Gasteiger partial charge in [0.25, 0.3) is 5.91 Å². The van der Waals surface area contributed by atoms with Crippen molar-refractivity contribution in [1.82, 2.24) is 9.91 Å². The third-order valence-corrected chi connectivity index (χ3v) is 5.12. The molecule has 3 aromatic rings. The summed E-state index contributed by atoms with van der Waals surface area (Å²) in [5.41, 5.74) is 4.33. The second kappa shape index (κ2) is 8.45. The van der Waals surface area contributed by atoms with Crippen molar-refractivity contribution in [3.63, 3.8) is 0 Å². The van der Waals surface area contributed by atoms with Crippen LogP contribution in [-0.4, -0.2) is 35.1 Å². The molecule has 0 saturated heterocycles.